The van der Waals surface area contributed by atoms with E-state index in [1.807, 2.05) is 0 Å². The molecule has 0 N–H and O–H groups in total. The molecule has 1 aromatic carbocycles. The number of hydrogen-bond acceptors (Lipinski definition) is 0. The molecule has 0 aliphatic heterocycles. The van der Waals surface area contributed by atoms with Crippen LogP contribution in [0, 0.1) is 18.8 Å². The minimum Gasteiger partial charge on any atom is -0.126 e. The Bertz CT molecular complexity index is 274. The zero-order valence-corrected chi connectivity index (χ0v) is 10.7. The van der Waals surface area contributed by atoms with Gasteiger partial charge in [0.1, 0.15) is 0 Å². The third-order valence-corrected chi connectivity index (χ3v) is 3.10. The van der Waals surface area contributed by atoms with Crippen molar-refractivity contribution in [2.24, 2.45) is 11.8 Å². The second kappa shape index (κ2) is 6.17. The molecule has 84 valence electrons. The van der Waals surface area contributed by atoms with Crippen LogP contribution >= 0.6 is 11.6 Å². The molecule has 1 unspecified atom stereocenters. The highest BCUT2D eigenvalue weighted by Crippen LogP contribution is 2.18. The molecular weight excluding hydrogens is 204 g/mol. The molecule has 15 heavy (non-hydrogen) atoms. The molecule has 1 aromatic rings. The molecule has 0 aliphatic rings. The van der Waals surface area contributed by atoms with E-state index in [-0.39, 0.29) is 0 Å². The van der Waals surface area contributed by atoms with E-state index in [4.69, 9.17) is 11.6 Å². The second-order valence-electron chi connectivity index (χ2n) is 4.84. The highest BCUT2D eigenvalue weighted by atomic mass is 35.5. The van der Waals surface area contributed by atoms with Crippen LogP contribution in [0.2, 0.25) is 0 Å². The lowest BCUT2D eigenvalue weighted by molar-refractivity contribution is 0.441. The maximum Gasteiger partial charge on any atom is 0.0255 e. The molecule has 0 radical (unpaired) electrons. The monoisotopic (exact) mass is 224 g/mol. The molecule has 0 spiro atoms. The van der Waals surface area contributed by atoms with E-state index in [0.29, 0.717) is 5.92 Å². The van der Waals surface area contributed by atoms with Crippen molar-refractivity contribution in [2.45, 2.75) is 33.6 Å². The van der Waals surface area contributed by atoms with Crippen LogP contribution in [0.5, 0.6) is 0 Å². The maximum absolute atomic E-state index is 5.99. The maximum atomic E-state index is 5.99. The van der Waals surface area contributed by atoms with Crippen molar-refractivity contribution in [3.63, 3.8) is 0 Å². The Morgan fingerprint density at radius 3 is 2.20 bits per heavy atom. The van der Waals surface area contributed by atoms with Crippen molar-refractivity contribution in [3.05, 3.63) is 35.4 Å². The number of halogens is 1. The molecule has 0 saturated heterocycles. The van der Waals surface area contributed by atoms with Gasteiger partial charge < -0.3 is 0 Å². The van der Waals surface area contributed by atoms with Gasteiger partial charge in [-0.25, -0.2) is 0 Å². The van der Waals surface area contributed by atoms with E-state index in [2.05, 4.69) is 45.0 Å². The van der Waals surface area contributed by atoms with Gasteiger partial charge in [-0.2, -0.15) is 0 Å². The predicted octanol–water partition coefficient (Wildman–Crippen LogP) is 4.44. The van der Waals surface area contributed by atoms with Gasteiger partial charge in [-0.15, -0.1) is 11.6 Å². The van der Waals surface area contributed by atoms with Gasteiger partial charge in [0.25, 0.3) is 0 Å². The Morgan fingerprint density at radius 2 is 1.73 bits per heavy atom. The van der Waals surface area contributed by atoms with E-state index in [0.717, 1.165) is 18.2 Å². The summed E-state index contributed by atoms with van der Waals surface area (Å²) in [6, 6.07) is 8.79. The first-order valence-corrected chi connectivity index (χ1v) is 6.26. The first-order valence-electron chi connectivity index (χ1n) is 5.73. The minimum absolute atomic E-state index is 0.620. The van der Waals surface area contributed by atoms with Crippen LogP contribution in [0.15, 0.2) is 24.3 Å². The van der Waals surface area contributed by atoms with Gasteiger partial charge in [0.15, 0.2) is 0 Å². The Morgan fingerprint density at radius 1 is 1.13 bits per heavy atom. The van der Waals surface area contributed by atoms with Crippen molar-refractivity contribution < 1.29 is 0 Å². The van der Waals surface area contributed by atoms with Gasteiger partial charge in [0.05, 0.1) is 0 Å². The van der Waals surface area contributed by atoms with Crippen LogP contribution in [0.3, 0.4) is 0 Å². The van der Waals surface area contributed by atoms with E-state index >= 15 is 0 Å². The van der Waals surface area contributed by atoms with Crippen molar-refractivity contribution in [1.82, 2.24) is 0 Å². The van der Waals surface area contributed by atoms with Crippen LogP contribution in [0.4, 0.5) is 0 Å². The first-order chi connectivity index (χ1) is 7.11. The smallest absolute Gasteiger partial charge is 0.0255 e. The first kappa shape index (κ1) is 12.6. The third-order valence-electron chi connectivity index (χ3n) is 2.67. The number of hydrogen-bond donors (Lipinski definition) is 0. The highest BCUT2D eigenvalue weighted by molar-refractivity contribution is 6.18. The molecule has 1 rings (SSSR count). The van der Waals surface area contributed by atoms with Crippen LogP contribution in [0.25, 0.3) is 0 Å². The number of aryl methyl sites for hydroxylation is 1. The van der Waals surface area contributed by atoms with Crippen LogP contribution in [-0.4, -0.2) is 5.88 Å². The molecule has 0 aromatic heterocycles. The standard InChI is InChI=1S/C14H21Cl/c1-11(2)8-14(10-15)9-13-6-4-12(3)5-7-13/h4-7,11,14H,8-10H2,1-3H3. The van der Waals surface area contributed by atoms with E-state index in [1.165, 1.54) is 17.5 Å². The molecule has 1 atom stereocenters. The summed E-state index contributed by atoms with van der Waals surface area (Å²) in [7, 11) is 0. The highest BCUT2D eigenvalue weighted by Gasteiger charge is 2.10. The topological polar surface area (TPSA) is 0 Å². The van der Waals surface area contributed by atoms with Gasteiger partial charge in [-0.3, -0.25) is 0 Å². The molecule has 0 saturated carbocycles. The number of benzene rings is 1. The summed E-state index contributed by atoms with van der Waals surface area (Å²) in [6.45, 7) is 6.64. The largest absolute Gasteiger partial charge is 0.126 e. The minimum atomic E-state index is 0.620. The molecule has 0 nitrogen and oxygen atoms in total. The Labute approximate surface area is 98.7 Å². The molecule has 0 aliphatic carbocycles. The third kappa shape index (κ3) is 4.70. The van der Waals surface area contributed by atoms with Gasteiger partial charge >= 0.3 is 0 Å². The van der Waals surface area contributed by atoms with Crippen molar-refractivity contribution in [3.8, 4) is 0 Å². The summed E-state index contributed by atoms with van der Waals surface area (Å²) >= 11 is 5.99. The summed E-state index contributed by atoms with van der Waals surface area (Å²) in [4.78, 5) is 0. The van der Waals surface area contributed by atoms with E-state index in [9.17, 15) is 0 Å². The zero-order valence-electron chi connectivity index (χ0n) is 9.96. The van der Waals surface area contributed by atoms with Gasteiger partial charge in [0.2, 0.25) is 0 Å². The van der Waals surface area contributed by atoms with E-state index in [1.54, 1.807) is 0 Å². The molecule has 0 fully saturated rings. The van der Waals surface area contributed by atoms with Gasteiger partial charge in [-0.05, 0) is 37.2 Å². The van der Waals surface area contributed by atoms with Crippen molar-refractivity contribution in [2.75, 3.05) is 5.88 Å². The lowest BCUT2D eigenvalue weighted by Crippen LogP contribution is -2.09. The fraction of sp³-hybridized carbons (Fsp3) is 0.571. The van der Waals surface area contributed by atoms with Gasteiger partial charge in [0, 0.05) is 5.88 Å². The van der Waals surface area contributed by atoms with E-state index < -0.39 is 0 Å². The van der Waals surface area contributed by atoms with Crippen molar-refractivity contribution >= 4 is 11.6 Å². The summed E-state index contributed by atoms with van der Waals surface area (Å²) in [5.74, 6) is 2.13. The van der Waals surface area contributed by atoms with Gasteiger partial charge in [-0.1, -0.05) is 43.7 Å². The summed E-state index contributed by atoms with van der Waals surface area (Å²) in [5, 5.41) is 0. The summed E-state index contributed by atoms with van der Waals surface area (Å²) < 4.78 is 0. The van der Waals surface area contributed by atoms with Crippen LogP contribution in [0.1, 0.15) is 31.4 Å². The summed E-state index contributed by atoms with van der Waals surface area (Å²) in [6.07, 6.45) is 2.33. The fourth-order valence-corrected chi connectivity index (χ4v) is 2.16. The normalized spacial score (nSPS) is 13.1. The number of alkyl halides is 1. The Kier molecular flexibility index (Phi) is 5.17. The quantitative estimate of drug-likeness (QED) is 0.649. The van der Waals surface area contributed by atoms with Crippen LogP contribution < -0.4 is 0 Å². The molecule has 1 heteroatoms. The molecule has 0 heterocycles. The number of rotatable bonds is 5. The van der Waals surface area contributed by atoms with Crippen LogP contribution in [-0.2, 0) is 6.42 Å². The average Bonchev–Trinajstić information content (AvgIpc) is 2.19. The Hall–Kier alpha value is -0.490. The summed E-state index contributed by atoms with van der Waals surface area (Å²) in [5.41, 5.74) is 2.73. The SMILES string of the molecule is Cc1ccc(CC(CCl)CC(C)C)cc1. The molecule has 0 amide bonds. The lowest BCUT2D eigenvalue weighted by atomic mass is 9.92. The Balaban J connectivity index is 2.54. The molecule has 0 bridgehead atoms. The second-order valence-corrected chi connectivity index (χ2v) is 5.15. The molecular formula is C14H21Cl. The zero-order chi connectivity index (χ0) is 11.3. The lowest BCUT2D eigenvalue weighted by Gasteiger charge is -2.16. The predicted molar refractivity (Wildman–Crippen MR) is 68.5 cm³/mol. The van der Waals surface area contributed by atoms with Crippen molar-refractivity contribution in [1.29, 1.82) is 0 Å². The fourth-order valence-electron chi connectivity index (χ4n) is 1.93. The average molecular weight is 225 g/mol.